The number of halogens is 3. The smallest absolute Gasteiger partial charge is 0.267 e. The minimum absolute atomic E-state index is 0.00295. The van der Waals surface area contributed by atoms with E-state index in [0.29, 0.717) is 5.52 Å². The Kier molecular flexibility index (Phi) is 5.07. The SMILES string of the molecule is CCC(C)[C@H](N)c1nc2cccc(Cl)c2c(=O)n1-c1cc(F)cc(F)c1. The summed E-state index contributed by atoms with van der Waals surface area (Å²) >= 11 is 6.17. The lowest BCUT2D eigenvalue weighted by Crippen LogP contribution is -2.31. The monoisotopic (exact) mass is 377 g/mol. The van der Waals surface area contributed by atoms with Crippen LogP contribution in [0.3, 0.4) is 0 Å². The van der Waals surface area contributed by atoms with Gasteiger partial charge in [0.05, 0.1) is 27.7 Å². The Balaban J connectivity index is 2.42. The van der Waals surface area contributed by atoms with Gasteiger partial charge < -0.3 is 5.73 Å². The minimum atomic E-state index is -0.797. The van der Waals surface area contributed by atoms with Crippen LogP contribution < -0.4 is 11.3 Å². The van der Waals surface area contributed by atoms with Gasteiger partial charge in [-0.3, -0.25) is 9.36 Å². The van der Waals surface area contributed by atoms with Crippen molar-refractivity contribution in [1.82, 2.24) is 9.55 Å². The van der Waals surface area contributed by atoms with Crippen LogP contribution in [0.4, 0.5) is 8.78 Å². The van der Waals surface area contributed by atoms with Gasteiger partial charge in [0.25, 0.3) is 5.56 Å². The van der Waals surface area contributed by atoms with Crippen molar-refractivity contribution in [2.75, 3.05) is 0 Å². The van der Waals surface area contributed by atoms with Gasteiger partial charge in [0.1, 0.15) is 17.5 Å². The molecule has 3 rings (SSSR count). The molecule has 1 unspecified atom stereocenters. The summed E-state index contributed by atoms with van der Waals surface area (Å²) in [6, 6.07) is 7.20. The topological polar surface area (TPSA) is 60.9 Å². The Morgan fingerprint density at radius 1 is 1.23 bits per heavy atom. The fourth-order valence-corrected chi connectivity index (χ4v) is 3.11. The lowest BCUT2D eigenvalue weighted by atomic mass is 9.98. The lowest BCUT2D eigenvalue weighted by Gasteiger charge is -2.22. The lowest BCUT2D eigenvalue weighted by molar-refractivity contribution is 0.431. The highest BCUT2D eigenvalue weighted by atomic mass is 35.5. The number of rotatable bonds is 4. The third-order valence-electron chi connectivity index (χ3n) is 4.53. The number of fused-ring (bicyclic) bond motifs is 1. The van der Waals surface area contributed by atoms with Crippen LogP contribution in [0.1, 0.15) is 32.1 Å². The second-order valence-corrected chi connectivity index (χ2v) is 6.69. The average Bonchev–Trinajstić information content (AvgIpc) is 2.59. The third-order valence-corrected chi connectivity index (χ3v) is 4.85. The van der Waals surface area contributed by atoms with Crippen molar-refractivity contribution in [1.29, 1.82) is 0 Å². The summed E-state index contributed by atoms with van der Waals surface area (Å²) in [7, 11) is 0. The maximum absolute atomic E-state index is 13.8. The van der Waals surface area contributed by atoms with Gasteiger partial charge in [0, 0.05) is 6.07 Å². The molecule has 2 N–H and O–H groups in total. The Bertz CT molecular complexity index is 1010. The number of aromatic nitrogens is 2. The normalized spacial score (nSPS) is 13.8. The van der Waals surface area contributed by atoms with E-state index in [1.165, 1.54) is 0 Å². The van der Waals surface area contributed by atoms with Gasteiger partial charge in [-0.1, -0.05) is 37.9 Å². The fraction of sp³-hybridized carbons (Fsp3) is 0.263. The number of hydrogen-bond acceptors (Lipinski definition) is 3. The van der Waals surface area contributed by atoms with Crippen molar-refractivity contribution < 1.29 is 8.78 Å². The molecule has 0 aliphatic heterocycles. The highest BCUT2D eigenvalue weighted by Gasteiger charge is 2.23. The van der Waals surface area contributed by atoms with E-state index in [0.717, 1.165) is 29.2 Å². The summed E-state index contributed by atoms with van der Waals surface area (Å²) in [6.45, 7) is 3.89. The number of nitrogens with two attached hydrogens (primary N) is 1. The van der Waals surface area contributed by atoms with Crippen LogP contribution >= 0.6 is 11.6 Å². The molecule has 1 aromatic heterocycles. The zero-order valence-electron chi connectivity index (χ0n) is 14.3. The van der Waals surface area contributed by atoms with Crippen LogP contribution in [0.15, 0.2) is 41.2 Å². The highest BCUT2D eigenvalue weighted by Crippen LogP contribution is 2.26. The molecular weight excluding hydrogens is 360 g/mol. The van der Waals surface area contributed by atoms with Gasteiger partial charge >= 0.3 is 0 Å². The minimum Gasteiger partial charge on any atom is -0.321 e. The summed E-state index contributed by atoms with van der Waals surface area (Å²) in [6.07, 6.45) is 0.752. The molecule has 26 heavy (non-hydrogen) atoms. The zero-order chi connectivity index (χ0) is 19.0. The molecule has 1 heterocycles. The Morgan fingerprint density at radius 2 is 1.88 bits per heavy atom. The number of benzene rings is 2. The van der Waals surface area contributed by atoms with E-state index in [1.54, 1.807) is 18.2 Å². The van der Waals surface area contributed by atoms with Crippen LogP contribution in [0, 0.1) is 17.6 Å². The first-order chi connectivity index (χ1) is 12.3. The second kappa shape index (κ2) is 7.13. The predicted molar refractivity (Wildman–Crippen MR) is 98.6 cm³/mol. The van der Waals surface area contributed by atoms with Crippen molar-refractivity contribution in [3.8, 4) is 5.69 Å². The maximum Gasteiger partial charge on any atom is 0.267 e. The maximum atomic E-state index is 13.8. The van der Waals surface area contributed by atoms with Crippen molar-refractivity contribution >= 4 is 22.5 Å². The molecule has 0 saturated heterocycles. The van der Waals surface area contributed by atoms with Gasteiger partial charge in [0.15, 0.2) is 0 Å². The van der Waals surface area contributed by atoms with Gasteiger partial charge in [-0.25, -0.2) is 13.8 Å². The molecule has 0 amide bonds. The Hall–Kier alpha value is -2.31. The summed E-state index contributed by atoms with van der Waals surface area (Å²) in [5, 5.41) is 0.397. The van der Waals surface area contributed by atoms with Crippen molar-refractivity contribution in [3.05, 3.63) is 69.2 Å². The molecular formula is C19H18ClF2N3O. The van der Waals surface area contributed by atoms with E-state index >= 15 is 0 Å². The first-order valence-corrected chi connectivity index (χ1v) is 8.64. The fourth-order valence-electron chi connectivity index (χ4n) is 2.86. The molecule has 4 nitrogen and oxygen atoms in total. The third kappa shape index (κ3) is 3.22. The number of nitrogens with zero attached hydrogens (tertiary/aromatic N) is 2. The standard InChI is InChI=1S/C19H18ClF2N3O/c1-3-10(2)17(23)18-24-15-6-4-5-14(20)16(15)19(26)25(18)13-8-11(21)7-12(22)9-13/h4-10,17H,3,23H2,1-2H3/t10?,17-/m0/s1. The van der Waals surface area contributed by atoms with Gasteiger partial charge in [0.2, 0.25) is 0 Å². The van der Waals surface area contributed by atoms with E-state index in [1.807, 2.05) is 13.8 Å². The molecule has 3 aromatic rings. The predicted octanol–water partition coefficient (Wildman–Crippen LogP) is 4.36. The molecule has 7 heteroatoms. The molecule has 2 atom stereocenters. The van der Waals surface area contributed by atoms with Crippen LogP contribution in [0.5, 0.6) is 0 Å². The average molecular weight is 378 g/mol. The molecule has 0 spiro atoms. The summed E-state index contributed by atoms with van der Waals surface area (Å²) in [4.78, 5) is 17.7. The molecule has 136 valence electrons. The van der Waals surface area contributed by atoms with Gasteiger partial charge in [-0.2, -0.15) is 0 Å². The van der Waals surface area contributed by atoms with Crippen LogP contribution in [0.25, 0.3) is 16.6 Å². The highest BCUT2D eigenvalue weighted by molar-refractivity contribution is 6.35. The van der Waals surface area contributed by atoms with Gasteiger partial charge in [-0.15, -0.1) is 0 Å². The molecule has 2 aromatic carbocycles. The molecule has 0 aliphatic rings. The van der Waals surface area contributed by atoms with Crippen LogP contribution in [-0.4, -0.2) is 9.55 Å². The molecule has 0 fully saturated rings. The van der Waals surface area contributed by atoms with Crippen LogP contribution in [0.2, 0.25) is 5.02 Å². The van der Waals surface area contributed by atoms with Crippen molar-refractivity contribution in [2.45, 2.75) is 26.3 Å². The number of hydrogen-bond donors (Lipinski definition) is 1. The van der Waals surface area contributed by atoms with Crippen molar-refractivity contribution in [3.63, 3.8) is 0 Å². The summed E-state index contributed by atoms with van der Waals surface area (Å²) in [5.74, 6) is -1.35. The van der Waals surface area contributed by atoms with Crippen molar-refractivity contribution in [2.24, 2.45) is 11.7 Å². The zero-order valence-corrected chi connectivity index (χ0v) is 15.1. The quantitative estimate of drug-likeness (QED) is 0.734. The molecule has 0 saturated carbocycles. The van der Waals surface area contributed by atoms with E-state index in [-0.39, 0.29) is 27.8 Å². The largest absolute Gasteiger partial charge is 0.321 e. The Morgan fingerprint density at radius 3 is 2.50 bits per heavy atom. The van der Waals surface area contributed by atoms with E-state index in [9.17, 15) is 13.6 Å². The molecule has 0 bridgehead atoms. The van der Waals surface area contributed by atoms with E-state index in [2.05, 4.69) is 4.98 Å². The summed E-state index contributed by atoms with van der Waals surface area (Å²) < 4.78 is 28.7. The van der Waals surface area contributed by atoms with E-state index in [4.69, 9.17) is 17.3 Å². The van der Waals surface area contributed by atoms with Gasteiger partial charge in [-0.05, 0) is 30.2 Å². The van der Waals surface area contributed by atoms with Crippen LogP contribution in [-0.2, 0) is 0 Å². The Labute approximate surface area is 154 Å². The first kappa shape index (κ1) is 18.5. The second-order valence-electron chi connectivity index (χ2n) is 6.28. The molecule has 0 radical (unpaired) electrons. The first-order valence-electron chi connectivity index (χ1n) is 8.26. The summed E-state index contributed by atoms with van der Waals surface area (Å²) in [5.41, 5.74) is 6.22. The molecule has 0 aliphatic carbocycles. The van der Waals surface area contributed by atoms with E-state index < -0.39 is 23.2 Å².